The number of carbonyl (C=O) groups is 2. The molecule has 1 aromatic carbocycles. The van der Waals surface area contributed by atoms with Crippen LogP contribution in [0.2, 0.25) is 0 Å². The Morgan fingerprint density at radius 1 is 1.36 bits per heavy atom. The van der Waals surface area contributed by atoms with Crippen molar-refractivity contribution < 1.29 is 19.6 Å². The van der Waals surface area contributed by atoms with Crippen molar-refractivity contribution in [3.05, 3.63) is 33.4 Å². The quantitative estimate of drug-likeness (QED) is 0.640. The van der Waals surface area contributed by atoms with Gasteiger partial charge in [0.1, 0.15) is 0 Å². The molecule has 1 atom stereocenters. The highest BCUT2D eigenvalue weighted by atomic mass is 16.6. The Morgan fingerprint density at radius 2 is 1.95 bits per heavy atom. The van der Waals surface area contributed by atoms with Crippen LogP contribution >= 0.6 is 0 Å². The third-order valence-electron chi connectivity index (χ3n) is 3.30. The topological polar surface area (TPSA) is 113 Å². The number of aryl methyl sites for hydroxylation is 2. The lowest BCUT2D eigenvalue weighted by Crippen LogP contribution is -2.36. The smallest absolute Gasteiger partial charge is 0.321 e. The number of carboxylic acids is 1. The van der Waals surface area contributed by atoms with Crippen molar-refractivity contribution in [3.63, 3.8) is 0 Å². The van der Waals surface area contributed by atoms with Gasteiger partial charge in [0.25, 0.3) is 5.69 Å². The number of nitro groups is 1. The molecule has 120 valence electrons. The second-order valence-electron chi connectivity index (χ2n) is 5.26. The van der Waals surface area contributed by atoms with Crippen molar-refractivity contribution in [1.29, 1.82) is 0 Å². The predicted molar refractivity (Wildman–Crippen MR) is 81.0 cm³/mol. The fourth-order valence-electron chi connectivity index (χ4n) is 1.91. The minimum Gasteiger partial charge on any atom is -0.481 e. The number of nitrogens with zero attached hydrogens (tertiary/aromatic N) is 2. The zero-order valence-electron chi connectivity index (χ0n) is 12.9. The van der Waals surface area contributed by atoms with Gasteiger partial charge < -0.3 is 15.3 Å². The first-order valence-corrected chi connectivity index (χ1v) is 6.64. The second-order valence-corrected chi connectivity index (χ2v) is 5.26. The molecule has 8 nitrogen and oxygen atoms in total. The van der Waals surface area contributed by atoms with E-state index >= 15 is 0 Å². The van der Waals surface area contributed by atoms with E-state index in [9.17, 15) is 19.7 Å². The first-order chi connectivity index (χ1) is 10.1. The van der Waals surface area contributed by atoms with E-state index in [2.05, 4.69) is 5.32 Å². The third-order valence-corrected chi connectivity index (χ3v) is 3.30. The van der Waals surface area contributed by atoms with Gasteiger partial charge in [-0.2, -0.15) is 0 Å². The Kier molecular flexibility index (Phi) is 5.44. The van der Waals surface area contributed by atoms with Gasteiger partial charge in [-0.25, -0.2) is 4.79 Å². The molecule has 0 saturated carbocycles. The number of aliphatic carboxylic acids is 1. The van der Waals surface area contributed by atoms with E-state index in [1.807, 2.05) is 0 Å². The molecular weight excluding hydrogens is 290 g/mol. The van der Waals surface area contributed by atoms with Gasteiger partial charge in [-0.3, -0.25) is 14.9 Å². The van der Waals surface area contributed by atoms with Gasteiger partial charge in [-0.15, -0.1) is 0 Å². The Hall–Kier alpha value is -2.64. The maximum absolute atomic E-state index is 12.0. The number of carboxylic acid groups (broad SMARTS) is 1. The number of urea groups is 1. The third kappa shape index (κ3) is 4.18. The molecule has 8 heteroatoms. The van der Waals surface area contributed by atoms with Crippen molar-refractivity contribution in [2.45, 2.75) is 20.8 Å². The zero-order chi connectivity index (χ0) is 17.0. The van der Waals surface area contributed by atoms with Crippen LogP contribution in [0.5, 0.6) is 0 Å². The number of rotatable bonds is 5. The normalized spacial score (nSPS) is 11.6. The minimum atomic E-state index is -0.984. The molecule has 2 amide bonds. The summed E-state index contributed by atoms with van der Waals surface area (Å²) in [5, 5.41) is 22.3. The molecule has 2 N–H and O–H groups in total. The molecule has 1 aromatic rings. The van der Waals surface area contributed by atoms with Crippen LogP contribution in [-0.4, -0.2) is 40.5 Å². The number of hydrogen-bond acceptors (Lipinski definition) is 4. The molecule has 0 saturated heterocycles. The molecule has 0 aromatic heterocycles. The lowest BCUT2D eigenvalue weighted by Gasteiger charge is -2.20. The van der Waals surface area contributed by atoms with E-state index in [-0.39, 0.29) is 12.2 Å². The molecule has 0 aliphatic carbocycles. The van der Waals surface area contributed by atoms with E-state index in [1.54, 1.807) is 13.8 Å². The summed E-state index contributed by atoms with van der Waals surface area (Å²) in [5.41, 5.74) is 1.45. The van der Waals surface area contributed by atoms with E-state index in [1.165, 1.54) is 31.0 Å². The summed E-state index contributed by atoms with van der Waals surface area (Å²) in [4.78, 5) is 34.5. The summed E-state index contributed by atoms with van der Waals surface area (Å²) in [6.45, 7) is 4.81. The average molecular weight is 309 g/mol. The highest BCUT2D eigenvalue weighted by Gasteiger charge is 2.19. The summed E-state index contributed by atoms with van der Waals surface area (Å²) < 4.78 is 0. The Balaban J connectivity index is 2.86. The highest BCUT2D eigenvalue weighted by Crippen LogP contribution is 2.26. The molecule has 0 fully saturated rings. The first-order valence-electron chi connectivity index (χ1n) is 6.64. The van der Waals surface area contributed by atoms with Crippen molar-refractivity contribution in [2.75, 3.05) is 18.9 Å². The number of anilines is 1. The number of hydrogen-bond donors (Lipinski definition) is 2. The first kappa shape index (κ1) is 17.4. The molecule has 0 heterocycles. The molecule has 0 aliphatic rings. The number of carbonyl (C=O) groups excluding carboxylic acids is 1. The van der Waals surface area contributed by atoms with Crippen LogP contribution < -0.4 is 5.32 Å². The molecule has 0 aliphatic heterocycles. The Bertz CT molecular complexity index is 615. The van der Waals surface area contributed by atoms with Crippen molar-refractivity contribution in [3.8, 4) is 0 Å². The monoisotopic (exact) mass is 309 g/mol. The second kappa shape index (κ2) is 6.88. The van der Waals surface area contributed by atoms with Crippen LogP contribution in [0.15, 0.2) is 12.1 Å². The maximum Gasteiger partial charge on any atom is 0.321 e. The van der Waals surface area contributed by atoms with Crippen LogP contribution in [0, 0.1) is 29.9 Å². The van der Waals surface area contributed by atoms with Crippen LogP contribution in [0.1, 0.15) is 18.1 Å². The summed E-state index contributed by atoms with van der Waals surface area (Å²) >= 11 is 0. The SMILES string of the molecule is Cc1cc([N+](=O)[O-])c(C)cc1NC(=O)N(C)CC(C)C(=O)O. The highest BCUT2D eigenvalue weighted by molar-refractivity contribution is 5.90. The summed E-state index contributed by atoms with van der Waals surface area (Å²) in [6, 6.07) is 2.45. The largest absolute Gasteiger partial charge is 0.481 e. The minimum absolute atomic E-state index is 0.0108. The van der Waals surface area contributed by atoms with Crippen molar-refractivity contribution in [2.24, 2.45) is 5.92 Å². The van der Waals surface area contributed by atoms with Gasteiger partial charge in [0, 0.05) is 30.9 Å². The lowest BCUT2D eigenvalue weighted by atomic mass is 10.1. The number of benzene rings is 1. The number of nitrogens with one attached hydrogen (secondary N) is 1. The molecule has 22 heavy (non-hydrogen) atoms. The van der Waals surface area contributed by atoms with E-state index in [4.69, 9.17) is 5.11 Å². The molecule has 1 unspecified atom stereocenters. The number of nitro benzene ring substituents is 1. The summed E-state index contributed by atoms with van der Waals surface area (Å²) in [7, 11) is 1.49. The molecule has 1 rings (SSSR count). The molecule has 0 bridgehead atoms. The standard InChI is InChI=1S/C14H19N3O5/c1-8-6-12(17(21)22)9(2)5-11(8)15-14(20)16(4)7-10(3)13(18)19/h5-6,10H,7H2,1-4H3,(H,15,20)(H,18,19). The van der Waals surface area contributed by atoms with E-state index in [0.29, 0.717) is 16.8 Å². The van der Waals surface area contributed by atoms with Gasteiger partial charge in [-0.05, 0) is 25.5 Å². The maximum atomic E-state index is 12.0. The Labute approximate surface area is 127 Å². The Morgan fingerprint density at radius 3 is 2.45 bits per heavy atom. The predicted octanol–water partition coefficient (Wildman–Crippen LogP) is 2.40. The molecule has 0 radical (unpaired) electrons. The van der Waals surface area contributed by atoms with Crippen LogP contribution in [0.25, 0.3) is 0 Å². The van der Waals surface area contributed by atoms with Crippen LogP contribution in [0.4, 0.5) is 16.2 Å². The lowest BCUT2D eigenvalue weighted by molar-refractivity contribution is -0.385. The number of amides is 2. The van der Waals surface area contributed by atoms with E-state index < -0.39 is 22.8 Å². The average Bonchev–Trinajstić information content (AvgIpc) is 2.41. The molecular formula is C14H19N3O5. The fraction of sp³-hybridized carbons (Fsp3) is 0.429. The van der Waals surface area contributed by atoms with Gasteiger partial charge in [-0.1, -0.05) is 6.92 Å². The summed E-state index contributed by atoms with van der Waals surface area (Å²) in [5.74, 6) is -1.67. The molecule has 0 spiro atoms. The zero-order valence-corrected chi connectivity index (χ0v) is 12.9. The summed E-state index contributed by atoms with van der Waals surface area (Å²) in [6.07, 6.45) is 0. The van der Waals surface area contributed by atoms with Gasteiger partial charge >= 0.3 is 12.0 Å². The van der Waals surface area contributed by atoms with Gasteiger partial charge in [0.05, 0.1) is 10.8 Å². The van der Waals surface area contributed by atoms with Crippen LogP contribution in [-0.2, 0) is 4.79 Å². The van der Waals surface area contributed by atoms with Gasteiger partial charge in [0.15, 0.2) is 0 Å². The van der Waals surface area contributed by atoms with E-state index in [0.717, 1.165) is 0 Å². The van der Waals surface area contributed by atoms with Crippen molar-refractivity contribution >= 4 is 23.4 Å². The fourth-order valence-corrected chi connectivity index (χ4v) is 1.91. The van der Waals surface area contributed by atoms with Crippen LogP contribution in [0.3, 0.4) is 0 Å². The van der Waals surface area contributed by atoms with Crippen molar-refractivity contribution in [1.82, 2.24) is 4.90 Å². The van der Waals surface area contributed by atoms with Gasteiger partial charge in [0.2, 0.25) is 0 Å².